The summed E-state index contributed by atoms with van der Waals surface area (Å²) in [5, 5.41) is 9.38. The van der Waals surface area contributed by atoms with Gasteiger partial charge in [0.15, 0.2) is 0 Å². The Morgan fingerprint density at radius 3 is 2.44 bits per heavy atom. The summed E-state index contributed by atoms with van der Waals surface area (Å²) in [6, 6.07) is 4.68. The van der Waals surface area contributed by atoms with Gasteiger partial charge in [-0.1, -0.05) is 6.07 Å². The standard InChI is InChI=1S/C14H20O4/c1-9(13(16)18-14(2,3)4)11-7-6-10(15)8-12(11)17-5/h6-9,15H,1-5H3. The van der Waals surface area contributed by atoms with Gasteiger partial charge in [0.2, 0.25) is 0 Å². The third-order valence-corrected chi connectivity index (χ3v) is 2.44. The molecule has 0 bridgehead atoms. The summed E-state index contributed by atoms with van der Waals surface area (Å²) in [5.41, 5.74) is 0.180. The number of benzene rings is 1. The van der Waals surface area contributed by atoms with Crippen LogP contribution in [0.1, 0.15) is 39.2 Å². The van der Waals surface area contributed by atoms with Crippen molar-refractivity contribution in [1.29, 1.82) is 0 Å². The lowest BCUT2D eigenvalue weighted by molar-refractivity contribution is -0.156. The Balaban J connectivity index is 2.96. The molecule has 1 aromatic carbocycles. The topological polar surface area (TPSA) is 55.8 Å². The van der Waals surface area contributed by atoms with Gasteiger partial charge in [-0.05, 0) is 33.8 Å². The molecule has 1 unspecified atom stereocenters. The molecule has 1 atom stereocenters. The summed E-state index contributed by atoms with van der Waals surface area (Å²) < 4.78 is 10.5. The summed E-state index contributed by atoms with van der Waals surface area (Å²) in [5.74, 6) is -0.174. The van der Waals surface area contributed by atoms with Gasteiger partial charge in [0, 0.05) is 11.6 Å². The van der Waals surface area contributed by atoms with Crippen LogP contribution in [-0.4, -0.2) is 23.8 Å². The van der Waals surface area contributed by atoms with Crippen molar-refractivity contribution >= 4 is 5.97 Å². The van der Waals surface area contributed by atoms with Gasteiger partial charge in [-0.15, -0.1) is 0 Å². The van der Waals surface area contributed by atoms with E-state index in [9.17, 15) is 9.90 Å². The molecule has 0 aliphatic carbocycles. The molecular weight excluding hydrogens is 232 g/mol. The highest BCUT2D eigenvalue weighted by Gasteiger charge is 2.25. The van der Waals surface area contributed by atoms with E-state index in [4.69, 9.17) is 9.47 Å². The second-order valence-corrected chi connectivity index (χ2v) is 5.18. The van der Waals surface area contributed by atoms with Crippen LogP contribution in [0.25, 0.3) is 0 Å². The Bertz CT molecular complexity index is 432. The fourth-order valence-corrected chi connectivity index (χ4v) is 1.57. The van der Waals surface area contributed by atoms with E-state index in [1.165, 1.54) is 19.2 Å². The monoisotopic (exact) mass is 252 g/mol. The fourth-order valence-electron chi connectivity index (χ4n) is 1.57. The van der Waals surface area contributed by atoms with Crippen LogP contribution in [0.4, 0.5) is 0 Å². The van der Waals surface area contributed by atoms with Gasteiger partial charge in [0.05, 0.1) is 13.0 Å². The minimum Gasteiger partial charge on any atom is -0.508 e. The molecule has 0 amide bonds. The third kappa shape index (κ3) is 3.65. The molecule has 0 aromatic heterocycles. The van der Waals surface area contributed by atoms with E-state index >= 15 is 0 Å². The van der Waals surface area contributed by atoms with Gasteiger partial charge < -0.3 is 14.6 Å². The van der Waals surface area contributed by atoms with Crippen molar-refractivity contribution in [2.75, 3.05) is 7.11 Å². The highest BCUT2D eigenvalue weighted by Crippen LogP contribution is 2.31. The number of carbonyl (C=O) groups excluding carboxylic acids is 1. The number of phenolic OH excluding ortho intramolecular Hbond substituents is 1. The number of esters is 1. The average Bonchev–Trinajstić information content (AvgIpc) is 2.25. The van der Waals surface area contributed by atoms with Crippen LogP contribution < -0.4 is 4.74 Å². The molecule has 0 spiro atoms. The second kappa shape index (κ2) is 5.29. The third-order valence-electron chi connectivity index (χ3n) is 2.44. The Hall–Kier alpha value is -1.71. The predicted octanol–water partition coefficient (Wildman–Crippen LogP) is 2.85. The van der Waals surface area contributed by atoms with Gasteiger partial charge in [0.1, 0.15) is 17.1 Å². The molecule has 0 fully saturated rings. The molecule has 1 aromatic rings. The highest BCUT2D eigenvalue weighted by atomic mass is 16.6. The molecule has 1 N–H and O–H groups in total. The van der Waals surface area contributed by atoms with Crippen LogP contribution in [0.5, 0.6) is 11.5 Å². The Kier molecular flexibility index (Phi) is 4.22. The van der Waals surface area contributed by atoms with Gasteiger partial charge in [-0.25, -0.2) is 0 Å². The molecule has 18 heavy (non-hydrogen) atoms. The Morgan fingerprint density at radius 1 is 1.33 bits per heavy atom. The highest BCUT2D eigenvalue weighted by molar-refractivity contribution is 5.79. The summed E-state index contributed by atoms with van der Waals surface area (Å²) in [6.07, 6.45) is 0. The van der Waals surface area contributed by atoms with Crippen molar-refractivity contribution in [1.82, 2.24) is 0 Å². The van der Waals surface area contributed by atoms with Crippen molar-refractivity contribution in [3.05, 3.63) is 23.8 Å². The lowest BCUT2D eigenvalue weighted by atomic mass is 9.99. The molecule has 4 heteroatoms. The van der Waals surface area contributed by atoms with Crippen LogP contribution in [0, 0.1) is 0 Å². The van der Waals surface area contributed by atoms with Crippen molar-refractivity contribution in [2.45, 2.75) is 39.2 Å². The van der Waals surface area contributed by atoms with Crippen LogP contribution in [0.15, 0.2) is 18.2 Å². The molecule has 0 saturated carbocycles. The van der Waals surface area contributed by atoms with Crippen LogP contribution >= 0.6 is 0 Å². The number of hydrogen-bond donors (Lipinski definition) is 1. The largest absolute Gasteiger partial charge is 0.508 e. The van der Waals surface area contributed by atoms with Crippen LogP contribution in [0.2, 0.25) is 0 Å². The van der Waals surface area contributed by atoms with E-state index in [1.807, 2.05) is 20.8 Å². The van der Waals surface area contributed by atoms with E-state index in [0.717, 1.165) is 0 Å². The van der Waals surface area contributed by atoms with Gasteiger partial charge in [-0.3, -0.25) is 4.79 Å². The number of ether oxygens (including phenoxy) is 2. The van der Waals surface area contributed by atoms with Gasteiger partial charge in [-0.2, -0.15) is 0 Å². The zero-order chi connectivity index (χ0) is 13.9. The quantitative estimate of drug-likeness (QED) is 0.840. The number of methoxy groups -OCH3 is 1. The summed E-state index contributed by atoms with van der Waals surface area (Å²) >= 11 is 0. The van der Waals surface area contributed by atoms with Gasteiger partial charge >= 0.3 is 5.97 Å². The number of carbonyl (C=O) groups is 1. The maximum absolute atomic E-state index is 12.0. The van der Waals surface area contributed by atoms with E-state index < -0.39 is 11.5 Å². The predicted molar refractivity (Wildman–Crippen MR) is 68.9 cm³/mol. The molecule has 4 nitrogen and oxygen atoms in total. The maximum atomic E-state index is 12.0. The first-order chi connectivity index (χ1) is 8.24. The number of phenols is 1. The first-order valence-electron chi connectivity index (χ1n) is 5.84. The average molecular weight is 252 g/mol. The molecule has 100 valence electrons. The summed E-state index contributed by atoms with van der Waals surface area (Å²) in [4.78, 5) is 12.0. The molecule has 0 heterocycles. The van der Waals surface area contributed by atoms with E-state index in [2.05, 4.69) is 0 Å². The Labute approximate surface area is 108 Å². The summed E-state index contributed by atoms with van der Waals surface area (Å²) in [7, 11) is 1.50. The van der Waals surface area contributed by atoms with E-state index in [1.54, 1.807) is 13.0 Å². The zero-order valence-corrected chi connectivity index (χ0v) is 11.5. The van der Waals surface area contributed by atoms with E-state index in [0.29, 0.717) is 11.3 Å². The van der Waals surface area contributed by atoms with Crippen molar-refractivity contribution in [2.24, 2.45) is 0 Å². The molecule has 0 aliphatic rings. The molecule has 0 saturated heterocycles. The first-order valence-corrected chi connectivity index (χ1v) is 5.84. The lowest BCUT2D eigenvalue weighted by Gasteiger charge is -2.23. The maximum Gasteiger partial charge on any atom is 0.313 e. The van der Waals surface area contributed by atoms with Crippen molar-refractivity contribution in [3.8, 4) is 11.5 Å². The summed E-state index contributed by atoms with van der Waals surface area (Å²) in [6.45, 7) is 7.23. The smallest absolute Gasteiger partial charge is 0.313 e. The lowest BCUT2D eigenvalue weighted by Crippen LogP contribution is -2.27. The van der Waals surface area contributed by atoms with Crippen LogP contribution in [-0.2, 0) is 9.53 Å². The minimum atomic E-state index is -0.518. The van der Waals surface area contributed by atoms with E-state index in [-0.39, 0.29) is 11.7 Å². The first kappa shape index (κ1) is 14.4. The van der Waals surface area contributed by atoms with Gasteiger partial charge in [0.25, 0.3) is 0 Å². The Morgan fingerprint density at radius 2 is 1.94 bits per heavy atom. The van der Waals surface area contributed by atoms with Crippen molar-refractivity contribution < 1.29 is 19.4 Å². The molecule has 1 rings (SSSR count). The SMILES string of the molecule is COc1cc(O)ccc1C(C)C(=O)OC(C)(C)C. The molecule has 0 aliphatic heterocycles. The minimum absolute atomic E-state index is 0.104. The number of rotatable bonds is 3. The number of hydrogen-bond acceptors (Lipinski definition) is 4. The number of aromatic hydroxyl groups is 1. The molecule has 0 radical (unpaired) electrons. The fraction of sp³-hybridized carbons (Fsp3) is 0.500. The normalized spacial score (nSPS) is 12.9. The molecular formula is C14H20O4. The van der Waals surface area contributed by atoms with Crippen molar-refractivity contribution in [3.63, 3.8) is 0 Å². The second-order valence-electron chi connectivity index (χ2n) is 5.18. The zero-order valence-electron chi connectivity index (χ0n) is 11.5. The van der Waals surface area contributed by atoms with Crippen LogP contribution in [0.3, 0.4) is 0 Å².